The highest BCUT2D eigenvalue weighted by molar-refractivity contribution is 5.86. The molecule has 2 rings (SSSR count). The molecule has 0 aliphatic heterocycles. The average molecular weight is 242 g/mol. The minimum atomic E-state index is 0.167. The molecule has 6 heteroatoms. The fourth-order valence-electron chi connectivity index (χ4n) is 1.59. The molecule has 2 aromatic rings. The van der Waals surface area contributed by atoms with Gasteiger partial charge in [0.1, 0.15) is 11.7 Å². The van der Waals surface area contributed by atoms with E-state index in [4.69, 9.17) is 19.9 Å². The number of fused-ring (bicyclic) bond motifs is 1. The van der Waals surface area contributed by atoms with Crippen LogP contribution in [0.3, 0.4) is 0 Å². The molecule has 0 bridgehead atoms. The topological polar surface area (TPSA) is 94.9 Å². The van der Waals surface area contributed by atoms with Gasteiger partial charge < -0.3 is 9.15 Å². The van der Waals surface area contributed by atoms with Gasteiger partial charge in [0, 0.05) is 11.5 Å². The highest BCUT2D eigenvalue weighted by Crippen LogP contribution is 2.32. The largest absolute Gasteiger partial charge is 0.488 e. The first-order valence-corrected chi connectivity index (χ1v) is 5.42. The number of hydrogen-bond acceptors (Lipinski definition) is 4. The van der Waals surface area contributed by atoms with Crippen LogP contribution in [-0.2, 0) is 0 Å². The van der Waals surface area contributed by atoms with Crippen molar-refractivity contribution in [3.05, 3.63) is 40.5 Å². The number of nitrogens with zero attached hydrogens (tertiary/aromatic N) is 4. The van der Waals surface area contributed by atoms with Crippen molar-refractivity contribution in [3.63, 3.8) is 0 Å². The average Bonchev–Trinajstić information content (AvgIpc) is 2.77. The molecule has 0 amide bonds. The first-order chi connectivity index (χ1) is 8.86. The number of rotatable bonds is 5. The minimum absolute atomic E-state index is 0.167. The van der Waals surface area contributed by atoms with Gasteiger partial charge in [-0.25, -0.2) is 0 Å². The highest BCUT2D eigenvalue weighted by Gasteiger charge is 2.14. The van der Waals surface area contributed by atoms with Gasteiger partial charge in [0.2, 0.25) is 5.76 Å². The molecule has 1 aromatic carbocycles. The number of ether oxygens (including phenoxy) is 1. The zero-order chi connectivity index (χ0) is 12.8. The van der Waals surface area contributed by atoms with Gasteiger partial charge >= 0.3 is 0 Å². The summed E-state index contributed by atoms with van der Waals surface area (Å²) in [5.74, 6) is 0.619. The predicted octanol–water partition coefficient (Wildman–Crippen LogP) is 3.38. The Balaban J connectivity index is 2.16. The Morgan fingerprint density at radius 2 is 2.28 bits per heavy atom. The number of furan rings is 1. The lowest BCUT2D eigenvalue weighted by Crippen LogP contribution is -1.99. The van der Waals surface area contributed by atoms with E-state index in [1.807, 2.05) is 24.3 Å². The quantitative estimate of drug-likeness (QED) is 0.348. The first kappa shape index (κ1) is 11.8. The van der Waals surface area contributed by atoms with Crippen LogP contribution in [-0.4, -0.2) is 13.2 Å². The minimum Gasteiger partial charge on any atom is -0.488 e. The summed E-state index contributed by atoms with van der Waals surface area (Å²) in [6.07, 6.45) is 0.592. The summed E-state index contributed by atoms with van der Waals surface area (Å²) in [6.45, 7) is 0.741. The molecule has 1 aromatic heterocycles. The second-order valence-electron chi connectivity index (χ2n) is 3.52. The number of nitriles is 1. The van der Waals surface area contributed by atoms with Crippen LogP contribution in [0.25, 0.3) is 21.4 Å². The molecule has 1 heterocycles. The normalized spacial score (nSPS) is 9.72. The van der Waals surface area contributed by atoms with E-state index in [1.54, 1.807) is 6.07 Å². The van der Waals surface area contributed by atoms with Crippen LogP contribution >= 0.6 is 0 Å². The van der Waals surface area contributed by atoms with E-state index < -0.39 is 0 Å². The Morgan fingerprint density at radius 1 is 1.44 bits per heavy atom. The van der Waals surface area contributed by atoms with Gasteiger partial charge in [-0.15, -0.1) is 0 Å². The van der Waals surface area contributed by atoms with Gasteiger partial charge in [-0.05, 0) is 24.1 Å². The number of azide groups is 1. The van der Waals surface area contributed by atoms with E-state index in [-0.39, 0.29) is 5.76 Å². The zero-order valence-electron chi connectivity index (χ0n) is 9.54. The summed E-state index contributed by atoms with van der Waals surface area (Å²) in [5.41, 5.74) is 8.76. The molecule has 0 aliphatic carbocycles. The molecule has 0 unspecified atom stereocenters. The Hall–Kier alpha value is -2.64. The van der Waals surface area contributed by atoms with Crippen molar-refractivity contribution in [2.24, 2.45) is 5.11 Å². The molecule has 0 radical (unpaired) electrons. The lowest BCUT2D eigenvalue weighted by molar-refractivity contribution is 0.311. The summed E-state index contributed by atoms with van der Waals surface area (Å²) in [4.78, 5) is 2.65. The maximum atomic E-state index is 8.97. The van der Waals surface area contributed by atoms with Gasteiger partial charge in [-0.2, -0.15) is 5.26 Å². The van der Waals surface area contributed by atoms with Gasteiger partial charge in [0.25, 0.3) is 0 Å². The molecule has 0 saturated carbocycles. The highest BCUT2D eigenvalue weighted by atomic mass is 16.5. The standard InChI is InChI=1S/C12H10N4O2/c13-8-11-12(17-7-3-6-15-16-14)9-4-1-2-5-10(9)18-11/h1-2,4-5H,3,6-7H2. The SMILES string of the molecule is N#Cc1oc2ccccc2c1OCCCN=[N+]=[N-]. The van der Waals surface area contributed by atoms with Crippen LogP contribution in [0, 0.1) is 11.3 Å². The van der Waals surface area contributed by atoms with Crippen molar-refractivity contribution in [1.29, 1.82) is 5.26 Å². The molecule has 18 heavy (non-hydrogen) atoms. The Morgan fingerprint density at radius 3 is 3.06 bits per heavy atom. The second-order valence-corrected chi connectivity index (χ2v) is 3.52. The van der Waals surface area contributed by atoms with E-state index in [0.29, 0.717) is 30.9 Å². The first-order valence-electron chi connectivity index (χ1n) is 5.42. The molecular weight excluding hydrogens is 232 g/mol. The van der Waals surface area contributed by atoms with Crippen molar-refractivity contribution in [2.75, 3.05) is 13.2 Å². The van der Waals surface area contributed by atoms with Crippen molar-refractivity contribution in [3.8, 4) is 11.8 Å². The maximum Gasteiger partial charge on any atom is 0.246 e. The van der Waals surface area contributed by atoms with Gasteiger partial charge in [0.15, 0.2) is 5.75 Å². The molecule has 90 valence electrons. The van der Waals surface area contributed by atoms with Crippen LogP contribution in [0.4, 0.5) is 0 Å². The molecule has 0 N–H and O–H groups in total. The van der Waals surface area contributed by atoms with Crippen LogP contribution in [0.1, 0.15) is 12.2 Å². The van der Waals surface area contributed by atoms with Crippen LogP contribution in [0.5, 0.6) is 5.75 Å². The van der Waals surface area contributed by atoms with E-state index in [2.05, 4.69) is 10.0 Å². The summed E-state index contributed by atoms with van der Waals surface area (Å²) in [5, 5.41) is 13.2. The smallest absolute Gasteiger partial charge is 0.246 e. The van der Waals surface area contributed by atoms with Crippen molar-refractivity contribution in [2.45, 2.75) is 6.42 Å². The van der Waals surface area contributed by atoms with E-state index in [1.165, 1.54) is 0 Å². The summed E-state index contributed by atoms with van der Waals surface area (Å²) >= 11 is 0. The van der Waals surface area contributed by atoms with Crippen molar-refractivity contribution >= 4 is 11.0 Å². The molecule has 0 aliphatic rings. The van der Waals surface area contributed by atoms with Crippen molar-refractivity contribution < 1.29 is 9.15 Å². The molecule has 0 atom stereocenters. The third kappa shape index (κ3) is 2.37. The summed E-state index contributed by atoms with van der Waals surface area (Å²) < 4.78 is 10.9. The van der Waals surface area contributed by atoms with E-state index in [9.17, 15) is 0 Å². The molecular formula is C12H10N4O2. The number of benzene rings is 1. The number of para-hydroxylation sites is 1. The fourth-order valence-corrected chi connectivity index (χ4v) is 1.59. The lowest BCUT2D eigenvalue weighted by atomic mass is 10.2. The molecule has 0 fully saturated rings. The zero-order valence-corrected chi connectivity index (χ0v) is 9.54. The Kier molecular flexibility index (Phi) is 3.69. The second kappa shape index (κ2) is 5.62. The third-order valence-corrected chi connectivity index (χ3v) is 2.36. The van der Waals surface area contributed by atoms with Crippen molar-refractivity contribution in [1.82, 2.24) is 0 Å². The van der Waals surface area contributed by atoms with Gasteiger partial charge in [-0.1, -0.05) is 17.2 Å². The fraction of sp³-hybridized carbons (Fsp3) is 0.250. The molecule has 0 saturated heterocycles. The molecule has 6 nitrogen and oxygen atoms in total. The Bertz CT molecular complexity index is 635. The van der Waals surface area contributed by atoms with E-state index in [0.717, 1.165) is 5.39 Å². The maximum absolute atomic E-state index is 8.97. The van der Waals surface area contributed by atoms with Crippen LogP contribution < -0.4 is 4.74 Å². The monoisotopic (exact) mass is 242 g/mol. The summed E-state index contributed by atoms with van der Waals surface area (Å²) in [6, 6.07) is 9.26. The number of hydrogen-bond donors (Lipinski definition) is 0. The van der Waals surface area contributed by atoms with Crippen LogP contribution in [0.15, 0.2) is 33.8 Å². The van der Waals surface area contributed by atoms with Gasteiger partial charge in [-0.3, -0.25) is 0 Å². The summed E-state index contributed by atoms with van der Waals surface area (Å²) in [7, 11) is 0. The Labute approximate surface area is 103 Å². The lowest BCUT2D eigenvalue weighted by Gasteiger charge is -2.02. The van der Waals surface area contributed by atoms with E-state index >= 15 is 0 Å². The van der Waals surface area contributed by atoms with Crippen LogP contribution in [0.2, 0.25) is 0 Å². The van der Waals surface area contributed by atoms with Gasteiger partial charge in [0.05, 0.1) is 12.0 Å². The molecule has 0 spiro atoms. The predicted molar refractivity (Wildman–Crippen MR) is 65.1 cm³/mol. The third-order valence-electron chi connectivity index (χ3n) is 2.36.